The third kappa shape index (κ3) is 2.74. The second-order valence-electron chi connectivity index (χ2n) is 5.21. The van der Waals surface area contributed by atoms with Crippen molar-refractivity contribution in [2.75, 3.05) is 0 Å². The lowest BCUT2D eigenvalue weighted by molar-refractivity contribution is 0.684. The molecular formula is C15H18BrN3. The number of hydrogen-bond acceptors (Lipinski definition) is 2. The molecule has 4 heteroatoms. The summed E-state index contributed by atoms with van der Waals surface area (Å²) >= 11 is 3.56. The number of benzene rings is 1. The van der Waals surface area contributed by atoms with E-state index in [9.17, 15) is 0 Å². The first-order valence-electron chi connectivity index (χ1n) is 6.68. The van der Waals surface area contributed by atoms with Gasteiger partial charge in [0.1, 0.15) is 0 Å². The molecule has 1 heterocycles. The van der Waals surface area contributed by atoms with Gasteiger partial charge in [-0.3, -0.25) is 0 Å². The molecule has 0 atom stereocenters. The van der Waals surface area contributed by atoms with Crippen molar-refractivity contribution in [3.05, 3.63) is 46.0 Å². The maximum Gasteiger partial charge on any atom is 0.0997 e. The Kier molecular flexibility index (Phi) is 3.46. The van der Waals surface area contributed by atoms with Crippen molar-refractivity contribution >= 4 is 15.9 Å². The van der Waals surface area contributed by atoms with Crippen LogP contribution in [0.4, 0.5) is 0 Å². The van der Waals surface area contributed by atoms with Gasteiger partial charge in [0.2, 0.25) is 0 Å². The lowest BCUT2D eigenvalue weighted by atomic mass is 10.1. The van der Waals surface area contributed by atoms with E-state index in [0.717, 1.165) is 22.8 Å². The molecule has 0 aliphatic heterocycles. The molecule has 100 valence electrons. The van der Waals surface area contributed by atoms with E-state index in [1.54, 1.807) is 0 Å². The Labute approximate surface area is 122 Å². The Hall–Kier alpha value is -1.13. The van der Waals surface area contributed by atoms with Crippen LogP contribution in [0.3, 0.4) is 0 Å². The highest BCUT2D eigenvalue weighted by atomic mass is 79.9. The van der Waals surface area contributed by atoms with Crippen LogP contribution in [-0.2, 0) is 6.54 Å². The summed E-state index contributed by atoms with van der Waals surface area (Å²) in [6.45, 7) is 5.07. The molecule has 1 aromatic heterocycles. The van der Waals surface area contributed by atoms with Crippen LogP contribution >= 0.6 is 15.9 Å². The predicted molar refractivity (Wildman–Crippen MR) is 80.6 cm³/mol. The number of nitrogens with zero attached hydrogens (tertiary/aromatic N) is 2. The molecule has 1 fully saturated rings. The van der Waals surface area contributed by atoms with E-state index in [2.05, 4.69) is 55.9 Å². The molecule has 0 unspecified atom stereocenters. The number of aromatic nitrogens is 2. The van der Waals surface area contributed by atoms with Crippen molar-refractivity contribution in [1.29, 1.82) is 0 Å². The third-order valence-electron chi connectivity index (χ3n) is 3.71. The van der Waals surface area contributed by atoms with Crippen molar-refractivity contribution < 1.29 is 0 Å². The maximum atomic E-state index is 4.39. The van der Waals surface area contributed by atoms with Gasteiger partial charge in [-0.1, -0.05) is 15.9 Å². The standard InChI is InChI=1S/C15H18BrN3/c1-10-11(2)19(9-18-10)15-6-3-13(16)7-12(15)8-17-14-4-5-14/h3,6-7,9,14,17H,4-5,8H2,1-2H3. The zero-order valence-corrected chi connectivity index (χ0v) is 12.9. The Bertz CT molecular complexity index is 599. The Balaban J connectivity index is 1.96. The topological polar surface area (TPSA) is 29.9 Å². The summed E-state index contributed by atoms with van der Waals surface area (Å²) < 4.78 is 3.30. The number of rotatable bonds is 4. The van der Waals surface area contributed by atoms with E-state index in [1.807, 2.05) is 13.3 Å². The second kappa shape index (κ2) is 5.10. The fourth-order valence-corrected chi connectivity index (χ4v) is 2.62. The summed E-state index contributed by atoms with van der Waals surface area (Å²) in [5.74, 6) is 0. The molecule has 3 rings (SSSR count). The average molecular weight is 320 g/mol. The molecule has 1 saturated carbocycles. The third-order valence-corrected chi connectivity index (χ3v) is 4.20. The van der Waals surface area contributed by atoms with Crippen LogP contribution in [0.15, 0.2) is 29.0 Å². The number of halogens is 1. The highest BCUT2D eigenvalue weighted by Crippen LogP contribution is 2.24. The normalized spacial score (nSPS) is 14.9. The van der Waals surface area contributed by atoms with E-state index in [-0.39, 0.29) is 0 Å². The van der Waals surface area contributed by atoms with Crippen LogP contribution in [0.1, 0.15) is 29.8 Å². The summed E-state index contributed by atoms with van der Waals surface area (Å²) in [6.07, 6.45) is 4.54. The molecule has 1 N–H and O–H groups in total. The Morgan fingerprint density at radius 2 is 2.16 bits per heavy atom. The molecule has 0 spiro atoms. The van der Waals surface area contributed by atoms with Crippen LogP contribution in [0.5, 0.6) is 0 Å². The highest BCUT2D eigenvalue weighted by Gasteiger charge is 2.20. The number of aryl methyl sites for hydroxylation is 1. The monoisotopic (exact) mass is 319 g/mol. The maximum absolute atomic E-state index is 4.39. The minimum atomic E-state index is 0.720. The molecule has 1 aromatic carbocycles. The summed E-state index contributed by atoms with van der Waals surface area (Å²) in [5.41, 5.74) is 4.82. The lowest BCUT2D eigenvalue weighted by Crippen LogP contribution is -2.17. The van der Waals surface area contributed by atoms with Gasteiger partial charge in [0.25, 0.3) is 0 Å². The Morgan fingerprint density at radius 3 is 2.79 bits per heavy atom. The van der Waals surface area contributed by atoms with Gasteiger partial charge >= 0.3 is 0 Å². The summed E-state index contributed by atoms with van der Waals surface area (Å²) in [4.78, 5) is 4.39. The van der Waals surface area contributed by atoms with E-state index >= 15 is 0 Å². The van der Waals surface area contributed by atoms with Crippen molar-refractivity contribution in [3.63, 3.8) is 0 Å². The van der Waals surface area contributed by atoms with Gasteiger partial charge in [0, 0.05) is 22.8 Å². The zero-order chi connectivity index (χ0) is 13.4. The van der Waals surface area contributed by atoms with Gasteiger partial charge < -0.3 is 9.88 Å². The second-order valence-corrected chi connectivity index (χ2v) is 6.13. The number of nitrogens with one attached hydrogen (secondary N) is 1. The quantitative estimate of drug-likeness (QED) is 0.934. The molecular weight excluding hydrogens is 302 g/mol. The first-order chi connectivity index (χ1) is 9.15. The molecule has 19 heavy (non-hydrogen) atoms. The smallest absolute Gasteiger partial charge is 0.0997 e. The Morgan fingerprint density at radius 1 is 1.37 bits per heavy atom. The zero-order valence-electron chi connectivity index (χ0n) is 11.3. The van der Waals surface area contributed by atoms with Gasteiger partial charge in [-0.05, 0) is 50.5 Å². The van der Waals surface area contributed by atoms with Gasteiger partial charge in [0.15, 0.2) is 0 Å². The van der Waals surface area contributed by atoms with Gasteiger partial charge in [-0.2, -0.15) is 0 Å². The summed E-state index contributed by atoms with van der Waals surface area (Å²) in [5, 5.41) is 3.58. The lowest BCUT2D eigenvalue weighted by Gasteiger charge is -2.13. The van der Waals surface area contributed by atoms with Crippen LogP contribution in [0, 0.1) is 13.8 Å². The van der Waals surface area contributed by atoms with E-state index < -0.39 is 0 Å². The van der Waals surface area contributed by atoms with Crippen LogP contribution in [0.25, 0.3) is 5.69 Å². The fraction of sp³-hybridized carbons (Fsp3) is 0.400. The van der Waals surface area contributed by atoms with Crippen molar-refractivity contribution in [1.82, 2.24) is 14.9 Å². The van der Waals surface area contributed by atoms with Crippen molar-refractivity contribution in [2.24, 2.45) is 0 Å². The van der Waals surface area contributed by atoms with Crippen molar-refractivity contribution in [2.45, 2.75) is 39.3 Å². The molecule has 0 radical (unpaired) electrons. The first-order valence-corrected chi connectivity index (χ1v) is 7.47. The minimum Gasteiger partial charge on any atom is -0.310 e. The highest BCUT2D eigenvalue weighted by molar-refractivity contribution is 9.10. The minimum absolute atomic E-state index is 0.720. The molecule has 0 saturated heterocycles. The van der Waals surface area contributed by atoms with Crippen LogP contribution < -0.4 is 5.32 Å². The molecule has 2 aromatic rings. The SMILES string of the molecule is Cc1ncn(-c2ccc(Br)cc2CNC2CC2)c1C. The molecule has 3 nitrogen and oxygen atoms in total. The summed E-state index contributed by atoms with van der Waals surface area (Å²) in [6, 6.07) is 7.16. The van der Waals surface area contributed by atoms with Gasteiger partial charge in [0.05, 0.1) is 17.7 Å². The largest absolute Gasteiger partial charge is 0.310 e. The molecule has 1 aliphatic carbocycles. The predicted octanol–water partition coefficient (Wildman–Crippen LogP) is 3.50. The molecule has 0 bridgehead atoms. The van der Waals surface area contributed by atoms with Crippen molar-refractivity contribution in [3.8, 4) is 5.69 Å². The number of imidazole rings is 1. The van der Waals surface area contributed by atoms with E-state index in [0.29, 0.717) is 0 Å². The van der Waals surface area contributed by atoms with Crippen LogP contribution in [-0.4, -0.2) is 15.6 Å². The molecule has 0 amide bonds. The number of hydrogen-bond donors (Lipinski definition) is 1. The van der Waals surface area contributed by atoms with Gasteiger partial charge in [-0.15, -0.1) is 0 Å². The van der Waals surface area contributed by atoms with E-state index in [1.165, 1.54) is 29.8 Å². The molecule has 1 aliphatic rings. The van der Waals surface area contributed by atoms with Gasteiger partial charge in [-0.25, -0.2) is 4.98 Å². The van der Waals surface area contributed by atoms with E-state index in [4.69, 9.17) is 0 Å². The fourth-order valence-electron chi connectivity index (χ4n) is 2.21. The van der Waals surface area contributed by atoms with Crippen LogP contribution in [0.2, 0.25) is 0 Å². The summed E-state index contributed by atoms with van der Waals surface area (Å²) in [7, 11) is 0. The average Bonchev–Trinajstić information content (AvgIpc) is 3.16. The first kappa shape index (κ1) is 12.9.